The molecule has 0 unspecified atom stereocenters. The summed E-state index contributed by atoms with van der Waals surface area (Å²) in [7, 11) is 3.87. The molecule has 1 rings (SSSR count). The van der Waals surface area contributed by atoms with Crippen LogP contribution in [0, 0.1) is 11.8 Å². The zero-order valence-electron chi connectivity index (χ0n) is 11.4. The Kier molecular flexibility index (Phi) is 5.10. The number of hydrogen-bond acceptors (Lipinski definition) is 4. The number of β-lactam (4-membered cyclic amide) rings is 1. The molecule has 0 aromatic rings. The first-order chi connectivity index (χ1) is 8.34. The summed E-state index contributed by atoms with van der Waals surface area (Å²) in [6, 6.07) is -0.267. The third-order valence-corrected chi connectivity index (χ3v) is 3.33. The standard InChI is InChI=1S/C12H23N3O3/c1-7(11(17)13-5-6-15(3)4)10-9(8(2)16)12(18)14-10/h7-10,16H,5-6H2,1-4H3,(H,13,17)(H,14,18)/t7-,8-,9-,10-/m1/s1. The minimum atomic E-state index is -0.722. The maximum atomic E-state index is 11.9. The molecular weight excluding hydrogens is 234 g/mol. The number of amides is 2. The van der Waals surface area contributed by atoms with Gasteiger partial charge in [-0.2, -0.15) is 0 Å². The molecule has 0 aliphatic carbocycles. The quantitative estimate of drug-likeness (QED) is 0.522. The van der Waals surface area contributed by atoms with Gasteiger partial charge in [0.25, 0.3) is 0 Å². The summed E-state index contributed by atoms with van der Waals surface area (Å²) >= 11 is 0. The van der Waals surface area contributed by atoms with Crippen LogP contribution < -0.4 is 10.6 Å². The Morgan fingerprint density at radius 3 is 2.56 bits per heavy atom. The second kappa shape index (κ2) is 6.15. The van der Waals surface area contributed by atoms with Crippen LogP contribution >= 0.6 is 0 Å². The van der Waals surface area contributed by atoms with Gasteiger partial charge in [0.1, 0.15) is 0 Å². The molecule has 0 aromatic heterocycles. The SMILES string of the molecule is C[C@@H](O)[C@H]1C(=O)N[C@@H]1[C@@H](C)C(=O)NCCN(C)C. The van der Waals surface area contributed by atoms with Crippen LogP contribution in [0.3, 0.4) is 0 Å². The molecule has 1 aliphatic heterocycles. The first-order valence-corrected chi connectivity index (χ1v) is 6.25. The molecule has 6 heteroatoms. The lowest BCUT2D eigenvalue weighted by atomic mass is 9.78. The van der Waals surface area contributed by atoms with Gasteiger partial charge in [-0.15, -0.1) is 0 Å². The van der Waals surface area contributed by atoms with Gasteiger partial charge >= 0.3 is 0 Å². The van der Waals surface area contributed by atoms with Gasteiger partial charge in [-0.1, -0.05) is 6.92 Å². The highest BCUT2D eigenvalue weighted by molar-refractivity contribution is 5.90. The van der Waals surface area contributed by atoms with Crippen LogP contribution in [0.15, 0.2) is 0 Å². The Labute approximate surface area is 108 Å². The second-order valence-electron chi connectivity index (χ2n) is 5.18. The molecule has 0 radical (unpaired) electrons. The Balaban J connectivity index is 2.42. The number of carbonyl (C=O) groups excluding carboxylic acids is 2. The average Bonchev–Trinajstić information content (AvgIpc) is 2.23. The molecule has 0 aromatic carbocycles. The molecule has 1 fully saturated rings. The monoisotopic (exact) mass is 257 g/mol. The van der Waals surface area contributed by atoms with E-state index in [1.807, 2.05) is 19.0 Å². The first kappa shape index (κ1) is 14.9. The first-order valence-electron chi connectivity index (χ1n) is 6.25. The van der Waals surface area contributed by atoms with E-state index in [9.17, 15) is 14.7 Å². The van der Waals surface area contributed by atoms with Gasteiger partial charge in [-0.25, -0.2) is 0 Å². The molecule has 104 valence electrons. The van der Waals surface area contributed by atoms with Crippen molar-refractivity contribution in [1.29, 1.82) is 0 Å². The number of likely N-dealkylation sites (N-methyl/N-ethyl adjacent to an activating group) is 1. The van der Waals surface area contributed by atoms with Crippen LogP contribution in [-0.4, -0.2) is 61.2 Å². The molecule has 0 bridgehead atoms. The summed E-state index contributed by atoms with van der Waals surface area (Å²) in [4.78, 5) is 25.2. The fourth-order valence-electron chi connectivity index (χ4n) is 2.10. The minimum absolute atomic E-state index is 0.0903. The maximum Gasteiger partial charge on any atom is 0.228 e. The van der Waals surface area contributed by atoms with Crippen molar-refractivity contribution in [3.63, 3.8) is 0 Å². The van der Waals surface area contributed by atoms with Crippen LogP contribution in [0.4, 0.5) is 0 Å². The minimum Gasteiger partial charge on any atom is -0.393 e. The maximum absolute atomic E-state index is 11.9. The van der Waals surface area contributed by atoms with Crippen LogP contribution in [0.25, 0.3) is 0 Å². The van der Waals surface area contributed by atoms with E-state index in [1.165, 1.54) is 0 Å². The second-order valence-corrected chi connectivity index (χ2v) is 5.18. The van der Waals surface area contributed by atoms with Crippen LogP contribution in [0.5, 0.6) is 0 Å². The highest BCUT2D eigenvalue weighted by atomic mass is 16.3. The molecule has 18 heavy (non-hydrogen) atoms. The summed E-state index contributed by atoms with van der Waals surface area (Å²) in [5.41, 5.74) is 0. The fourth-order valence-corrected chi connectivity index (χ4v) is 2.10. The lowest BCUT2D eigenvalue weighted by Crippen LogP contribution is -2.66. The predicted molar refractivity (Wildman–Crippen MR) is 67.8 cm³/mol. The average molecular weight is 257 g/mol. The van der Waals surface area contributed by atoms with Crippen molar-refractivity contribution >= 4 is 11.8 Å². The van der Waals surface area contributed by atoms with E-state index in [1.54, 1.807) is 13.8 Å². The van der Waals surface area contributed by atoms with E-state index in [-0.39, 0.29) is 23.8 Å². The van der Waals surface area contributed by atoms with Gasteiger partial charge in [0.2, 0.25) is 11.8 Å². The summed E-state index contributed by atoms with van der Waals surface area (Å²) < 4.78 is 0. The summed E-state index contributed by atoms with van der Waals surface area (Å²) in [5, 5.41) is 15.0. The van der Waals surface area contributed by atoms with Gasteiger partial charge in [-0.3, -0.25) is 9.59 Å². The highest BCUT2D eigenvalue weighted by Crippen LogP contribution is 2.25. The number of carbonyl (C=O) groups is 2. The molecule has 0 saturated carbocycles. The van der Waals surface area contributed by atoms with Gasteiger partial charge in [0.05, 0.1) is 24.0 Å². The van der Waals surface area contributed by atoms with Crippen molar-refractivity contribution in [2.75, 3.05) is 27.2 Å². The van der Waals surface area contributed by atoms with Crippen molar-refractivity contribution in [2.24, 2.45) is 11.8 Å². The van der Waals surface area contributed by atoms with Gasteiger partial charge in [-0.05, 0) is 21.0 Å². The molecule has 0 spiro atoms. The number of nitrogens with one attached hydrogen (secondary N) is 2. The topological polar surface area (TPSA) is 81.7 Å². The molecule has 2 amide bonds. The number of rotatable bonds is 6. The summed E-state index contributed by atoms with van der Waals surface area (Å²) in [5.74, 6) is -1.07. The highest BCUT2D eigenvalue weighted by Gasteiger charge is 2.46. The molecular formula is C12H23N3O3. The smallest absolute Gasteiger partial charge is 0.228 e. The Bertz CT molecular complexity index is 318. The van der Waals surface area contributed by atoms with Crippen LogP contribution in [-0.2, 0) is 9.59 Å². The van der Waals surface area contributed by atoms with Crippen molar-refractivity contribution in [3.8, 4) is 0 Å². The van der Waals surface area contributed by atoms with Crippen molar-refractivity contribution in [3.05, 3.63) is 0 Å². The third-order valence-electron chi connectivity index (χ3n) is 3.33. The van der Waals surface area contributed by atoms with Crippen molar-refractivity contribution < 1.29 is 14.7 Å². The van der Waals surface area contributed by atoms with E-state index >= 15 is 0 Å². The van der Waals surface area contributed by atoms with Crippen LogP contribution in [0.2, 0.25) is 0 Å². The van der Waals surface area contributed by atoms with Crippen LogP contribution in [0.1, 0.15) is 13.8 Å². The lowest BCUT2D eigenvalue weighted by molar-refractivity contribution is -0.145. The fraction of sp³-hybridized carbons (Fsp3) is 0.833. The number of hydrogen-bond donors (Lipinski definition) is 3. The van der Waals surface area contributed by atoms with Crippen molar-refractivity contribution in [2.45, 2.75) is 26.0 Å². The van der Waals surface area contributed by atoms with E-state index in [0.717, 1.165) is 6.54 Å². The number of aliphatic hydroxyl groups excluding tert-OH is 1. The Morgan fingerprint density at radius 1 is 1.50 bits per heavy atom. The molecule has 3 N–H and O–H groups in total. The molecule has 1 saturated heterocycles. The largest absolute Gasteiger partial charge is 0.393 e. The van der Waals surface area contributed by atoms with E-state index in [2.05, 4.69) is 10.6 Å². The van der Waals surface area contributed by atoms with Gasteiger partial charge < -0.3 is 20.6 Å². The lowest BCUT2D eigenvalue weighted by Gasteiger charge is -2.41. The van der Waals surface area contributed by atoms with E-state index in [4.69, 9.17) is 0 Å². The zero-order valence-corrected chi connectivity index (χ0v) is 11.4. The van der Waals surface area contributed by atoms with Gasteiger partial charge in [0.15, 0.2) is 0 Å². The van der Waals surface area contributed by atoms with Gasteiger partial charge in [0, 0.05) is 13.1 Å². The van der Waals surface area contributed by atoms with E-state index < -0.39 is 12.0 Å². The molecule has 1 aliphatic rings. The normalized spacial score (nSPS) is 26.2. The Morgan fingerprint density at radius 2 is 2.11 bits per heavy atom. The van der Waals surface area contributed by atoms with Crippen molar-refractivity contribution in [1.82, 2.24) is 15.5 Å². The summed E-state index contributed by atoms with van der Waals surface area (Å²) in [6.45, 7) is 4.70. The Hall–Kier alpha value is -1.14. The molecule has 6 nitrogen and oxygen atoms in total. The summed E-state index contributed by atoms with van der Waals surface area (Å²) in [6.07, 6.45) is -0.722. The third kappa shape index (κ3) is 3.43. The zero-order chi connectivity index (χ0) is 13.9. The predicted octanol–water partition coefficient (Wildman–Crippen LogP) is -1.20. The van der Waals surface area contributed by atoms with E-state index in [0.29, 0.717) is 6.54 Å². The molecule has 4 atom stereocenters. The molecule has 1 heterocycles. The number of nitrogens with zero attached hydrogens (tertiary/aromatic N) is 1. The number of aliphatic hydroxyl groups is 1.